The van der Waals surface area contributed by atoms with Crippen molar-refractivity contribution in [2.24, 2.45) is 5.92 Å². The second-order valence-corrected chi connectivity index (χ2v) is 5.74. The van der Waals surface area contributed by atoms with Gasteiger partial charge in [-0.25, -0.2) is 0 Å². The largest absolute Gasteiger partial charge is 0.398 e. The van der Waals surface area contributed by atoms with Gasteiger partial charge in [-0.1, -0.05) is 13.8 Å². The van der Waals surface area contributed by atoms with Gasteiger partial charge in [-0.2, -0.15) is 0 Å². The molecule has 0 bridgehead atoms. The van der Waals surface area contributed by atoms with E-state index in [1.54, 1.807) is 0 Å². The first-order valence-corrected chi connectivity index (χ1v) is 6.89. The molecule has 1 heterocycles. The Labute approximate surface area is 115 Å². The van der Waals surface area contributed by atoms with Gasteiger partial charge in [-0.3, -0.25) is 4.98 Å². The van der Waals surface area contributed by atoms with Crippen molar-refractivity contribution in [3.63, 3.8) is 0 Å². The number of nitrogens with zero attached hydrogens (tertiary/aromatic N) is 2. The van der Waals surface area contributed by atoms with Gasteiger partial charge in [0.05, 0.1) is 0 Å². The van der Waals surface area contributed by atoms with Crippen LogP contribution in [0, 0.1) is 5.92 Å². The summed E-state index contributed by atoms with van der Waals surface area (Å²) >= 11 is 0. The van der Waals surface area contributed by atoms with Gasteiger partial charge in [0, 0.05) is 47.1 Å². The minimum absolute atomic E-state index is 0.461. The van der Waals surface area contributed by atoms with Gasteiger partial charge in [0.15, 0.2) is 0 Å². The highest BCUT2D eigenvalue weighted by atomic mass is 15.2. The molecule has 0 fully saturated rings. The Morgan fingerprint density at radius 2 is 1.84 bits per heavy atom. The monoisotopic (exact) mass is 257 g/mol. The molecule has 1 aromatic carbocycles. The standard InChI is InChI=1S/C16H23N3/c1-11(2)10-19(12(3)4)16-6-5-15(17)14-9-18-8-7-13(14)16/h5-9,11-12H,10,17H2,1-4H3. The van der Waals surface area contributed by atoms with E-state index in [1.807, 2.05) is 18.5 Å². The third kappa shape index (κ3) is 2.80. The predicted molar refractivity (Wildman–Crippen MR) is 83.5 cm³/mol. The summed E-state index contributed by atoms with van der Waals surface area (Å²) in [5.41, 5.74) is 8.08. The number of nitrogens with two attached hydrogens (primary N) is 1. The molecule has 0 aliphatic heterocycles. The lowest BCUT2D eigenvalue weighted by molar-refractivity contribution is 0.572. The quantitative estimate of drug-likeness (QED) is 0.849. The SMILES string of the molecule is CC(C)CN(c1ccc(N)c2cnccc12)C(C)C. The van der Waals surface area contributed by atoms with Crippen molar-refractivity contribution in [2.45, 2.75) is 33.7 Å². The van der Waals surface area contributed by atoms with Gasteiger partial charge < -0.3 is 10.6 Å². The van der Waals surface area contributed by atoms with E-state index in [2.05, 4.69) is 49.7 Å². The number of rotatable bonds is 4. The summed E-state index contributed by atoms with van der Waals surface area (Å²) in [6.45, 7) is 9.99. The van der Waals surface area contributed by atoms with Crippen LogP contribution in [0.1, 0.15) is 27.7 Å². The highest BCUT2D eigenvalue weighted by Gasteiger charge is 2.15. The molecule has 2 rings (SSSR count). The molecule has 0 spiro atoms. The number of anilines is 2. The van der Waals surface area contributed by atoms with Crippen molar-refractivity contribution in [3.8, 4) is 0 Å². The topological polar surface area (TPSA) is 42.1 Å². The van der Waals surface area contributed by atoms with Crippen LogP contribution in [0.4, 0.5) is 11.4 Å². The van der Waals surface area contributed by atoms with Gasteiger partial charge in [0.25, 0.3) is 0 Å². The first-order valence-electron chi connectivity index (χ1n) is 6.89. The van der Waals surface area contributed by atoms with E-state index in [1.165, 1.54) is 11.1 Å². The Kier molecular flexibility index (Phi) is 3.93. The summed E-state index contributed by atoms with van der Waals surface area (Å²) in [6.07, 6.45) is 3.68. The predicted octanol–water partition coefficient (Wildman–Crippen LogP) is 3.69. The Morgan fingerprint density at radius 1 is 1.11 bits per heavy atom. The van der Waals surface area contributed by atoms with Crippen LogP contribution >= 0.6 is 0 Å². The van der Waals surface area contributed by atoms with E-state index >= 15 is 0 Å². The lowest BCUT2D eigenvalue weighted by Gasteiger charge is -2.32. The number of aromatic nitrogens is 1. The molecule has 3 heteroatoms. The van der Waals surface area contributed by atoms with Crippen LogP contribution in [-0.2, 0) is 0 Å². The van der Waals surface area contributed by atoms with Gasteiger partial charge in [-0.05, 0) is 38.0 Å². The summed E-state index contributed by atoms with van der Waals surface area (Å²) in [5.74, 6) is 0.622. The molecule has 0 atom stereocenters. The van der Waals surface area contributed by atoms with Crippen LogP contribution in [0.3, 0.4) is 0 Å². The smallest absolute Gasteiger partial charge is 0.0450 e. The number of fused-ring (bicyclic) bond motifs is 1. The summed E-state index contributed by atoms with van der Waals surface area (Å²) < 4.78 is 0. The molecule has 0 unspecified atom stereocenters. The number of nitrogen functional groups attached to an aromatic ring is 1. The molecule has 0 radical (unpaired) electrons. The maximum atomic E-state index is 6.04. The molecule has 0 amide bonds. The maximum absolute atomic E-state index is 6.04. The molecule has 0 saturated heterocycles. The Balaban J connectivity index is 2.57. The third-order valence-electron chi connectivity index (χ3n) is 3.32. The Bertz CT molecular complexity index is 561. The van der Waals surface area contributed by atoms with E-state index in [-0.39, 0.29) is 0 Å². The molecule has 0 aliphatic rings. The van der Waals surface area contributed by atoms with Gasteiger partial charge in [0.2, 0.25) is 0 Å². The molecule has 0 saturated carbocycles. The fraction of sp³-hybridized carbons (Fsp3) is 0.438. The average Bonchev–Trinajstić information content (AvgIpc) is 2.37. The second-order valence-electron chi connectivity index (χ2n) is 5.74. The highest BCUT2D eigenvalue weighted by molar-refractivity contribution is 6.00. The summed E-state index contributed by atoms with van der Waals surface area (Å²) in [6, 6.07) is 6.62. The van der Waals surface area contributed by atoms with E-state index in [9.17, 15) is 0 Å². The zero-order valence-electron chi connectivity index (χ0n) is 12.2. The zero-order chi connectivity index (χ0) is 14.0. The average molecular weight is 257 g/mol. The summed E-state index contributed by atoms with van der Waals surface area (Å²) in [4.78, 5) is 6.62. The van der Waals surface area contributed by atoms with Crippen molar-refractivity contribution in [3.05, 3.63) is 30.6 Å². The molecule has 102 valence electrons. The van der Waals surface area contributed by atoms with Crippen LogP contribution < -0.4 is 10.6 Å². The highest BCUT2D eigenvalue weighted by Crippen LogP contribution is 2.31. The van der Waals surface area contributed by atoms with Crippen LogP contribution in [0.15, 0.2) is 30.6 Å². The minimum atomic E-state index is 0.461. The molecule has 1 aromatic heterocycles. The molecule has 3 nitrogen and oxygen atoms in total. The van der Waals surface area contributed by atoms with E-state index < -0.39 is 0 Å². The van der Waals surface area contributed by atoms with Gasteiger partial charge >= 0.3 is 0 Å². The molecule has 2 aromatic rings. The normalized spacial score (nSPS) is 11.5. The van der Waals surface area contributed by atoms with Crippen LogP contribution in [-0.4, -0.2) is 17.6 Å². The lowest BCUT2D eigenvalue weighted by atomic mass is 10.1. The fourth-order valence-electron chi connectivity index (χ4n) is 2.43. The number of hydrogen-bond donors (Lipinski definition) is 1. The Hall–Kier alpha value is -1.77. The van der Waals surface area contributed by atoms with E-state index in [4.69, 9.17) is 5.73 Å². The molecular formula is C16H23N3. The second kappa shape index (κ2) is 5.47. The van der Waals surface area contributed by atoms with Crippen molar-refractivity contribution in [1.82, 2.24) is 4.98 Å². The van der Waals surface area contributed by atoms with Gasteiger partial charge in [-0.15, -0.1) is 0 Å². The van der Waals surface area contributed by atoms with Crippen molar-refractivity contribution >= 4 is 22.1 Å². The summed E-state index contributed by atoms with van der Waals surface area (Å²) in [5, 5.41) is 2.22. The molecule has 2 N–H and O–H groups in total. The summed E-state index contributed by atoms with van der Waals surface area (Å²) in [7, 11) is 0. The number of pyridine rings is 1. The molecular weight excluding hydrogens is 234 g/mol. The van der Waals surface area contributed by atoms with Crippen LogP contribution in [0.25, 0.3) is 10.8 Å². The molecule has 0 aliphatic carbocycles. The first-order chi connectivity index (χ1) is 9.00. The molecule has 19 heavy (non-hydrogen) atoms. The lowest BCUT2D eigenvalue weighted by Crippen LogP contribution is -2.34. The maximum Gasteiger partial charge on any atom is 0.0450 e. The van der Waals surface area contributed by atoms with E-state index in [0.29, 0.717) is 12.0 Å². The number of hydrogen-bond acceptors (Lipinski definition) is 3. The van der Waals surface area contributed by atoms with Crippen molar-refractivity contribution < 1.29 is 0 Å². The fourth-order valence-corrected chi connectivity index (χ4v) is 2.43. The first kappa shape index (κ1) is 13.7. The van der Waals surface area contributed by atoms with Crippen molar-refractivity contribution in [1.29, 1.82) is 0 Å². The minimum Gasteiger partial charge on any atom is -0.398 e. The number of benzene rings is 1. The third-order valence-corrected chi connectivity index (χ3v) is 3.32. The van der Waals surface area contributed by atoms with E-state index in [0.717, 1.165) is 17.6 Å². The van der Waals surface area contributed by atoms with Crippen LogP contribution in [0.5, 0.6) is 0 Å². The van der Waals surface area contributed by atoms with Crippen LogP contribution in [0.2, 0.25) is 0 Å². The Morgan fingerprint density at radius 3 is 2.47 bits per heavy atom. The zero-order valence-corrected chi connectivity index (χ0v) is 12.2. The van der Waals surface area contributed by atoms with Crippen molar-refractivity contribution in [2.75, 3.05) is 17.2 Å². The van der Waals surface area contributed by atoms with Gasteiger partial charge in [0.1, 0.15) is 0 Å².